The maximum absolute atomic E-state index is 12.5. The Morgan fingerprint density at radius 2 is 2.11 bits per heavy atom. The second kappa shape index (κ2) is 9.54. The number of carbonyl (C=O) groups excluding carboxylic acids is 2. The monoisotopic (exact) mass is 392 g/mol. The summed E-state index contributed by atoms with van der Waals surface area (Å²) < 4.78 is 5.19. The number of piperidine rings is 1. The maximum Gasteiger partial charge on any atom is 0.314 e. The Bertz CT molecular complexity index is 722. The van der Waals surface area contributed by atoms with Crippen LogP contribution >= 0.6 is 0 Å². The molecule has 1 fully saturated rings. The SMILES string of the molecule is COc1cccc(C[C@@]2(C(=O)O)CN(C(=O)CCCNC(C)=O)CC[C@@H]2O)c1. The first-order valence-corrected chi connectivity index (χ1v) is 9.35. The number of aliphatic hydroxyl groups is 1. The van der Waals surface area contributed by atoms with Crippen LogP contribution in [0.2, 0.25) is 0 Å². The number of amides is 2. The summed E-state index contributed by atoms with van der Waals surface area (Å²) in [5.41, 5.74) is -0.751. The number of aliphatic hydroxyl groups excluding tert-OH is 1. The van der Waals surface area contributed by atoms with Gasteiger partial charge in [0.15, 0.2) is 0 Å². The van der Waals surface area contributed by atoms with E-state index >= 15 is 0 Å². The van der Waals surface area contributed by atoms with Crippen molar-refractivity contribution >= 4 is 17.8 Å². The van der Waals surface area contributed by atoms with E-state index < -0.39 is 17.5 Å². The second-order valence-electron chi connectivity index (χ2n) is 7.20. The van der Waals surface area contributed by atoms with Gasteiger partial charge in [-0.05, 0) is 37.0 Å². The Morgan fingerprint density at radius 3 is 2.75 bits per heavy atom. The molecule has 0 saturated carbocycles. The fourth-order valence-corrected chi connectivity index (χ4v) is 3.56. The molecule has 3 N–H and O–H groups in total. The van der Waals surface area contributed by atoms with Gasteiger partial charge in [0, 0.05) is 33.0 Å². The van der Waals surface area contributed by atoms with Crippen molar-refractivity contribution in [1.82, 2.24) is 10.2 Å². The molecule has 8 nitrogen and oxygen atoms in total. The minimum Gasteiger partial charge on any atom is -0.497 e. The van der Waals surface area contributed by atoms with Crippen LogP contribution in [0.1, 0.15) is 31.7 Å². The lowest BCUT2D eigenvalue weighted by atomic mass is 9.72. The molecular formula is C20H28N2O6. The minimum atomic E-state index is -1.47. The van der Waals surface area contributed by atoms with Crippen molar-refractivity contribution in [2.45, 2.75) is 38.7 Å². The van der Waals surface area contributed by atoms with Gasteiger partial charge in [-0.3, -0.25) is 14.4 Å². The standard InChI is InChI=1S/C20H28N2O6/c1-14(23)21-9-4-7-18(25)22-10-8-17(24)20(13-22,19(26)27)12-15-5-3-6-16(11-15)28-2/h3,5-6,11,17,24H,4,7-10,12-13H2,1-2H3,(H,21,23)(H,26,27)/t17-,20+/m0/s1. The Kier molecular flexibility index (Phi) is 7.39. The van der Waals surface area contributed by atoms with Gasteiger partial charge in [-0.2, -0.15) is 0 Å². The maximum atomic E-state index is 12.5. The summed E-state index contributed by atoms with van der Waals surface area (Å²) in [6.07, 6.45) is -0.0671. The normalized spacial score (nSPS) is 21.8. The Morgan fingerprint density at radius 1 is 1.36 bits per heavy atom. The third-order valence-corrected chi connectivity index (χ3v) is 5.16. The van der Waals surface area contributed by atoms with Crippen LogP contribution < -0.4 is 10.1 Å². The van der Waals surface area contributed by atoms with Gasteiger partial charge < -0.3 is 25.2 Å². The molecule has 1 aromatic rings. The highest BCUT2D eigenvalue weighted by Crippen LogP contribution is 2.35. The lowest BCUT2D eigenvalue weighted by molar-refractivity contribution is -0.165. The van der Waals surface area contributed by atoms with E-state index in [-0.39, 0.29) is 37.6 Å². The lowest BCUT2D eigenvalue weighted by Crippen LogP contribution is -2.58. The molecule has 2 amide bonds. The predicted molar refractivity (Wildman–Crippen MR) is 102 cm³/mol. The molecule has 2 rings (SSSR count). The molecule has 154 valence electrons. The summed E-state index contributed by atoms with van der Waals surface area (Å²) in [5, 5.41) is 23.1. The zero-order valence-corrected chi connectivity index (χ0v) is 16.3. The van der Waals surface area contributed by atoms with E-state index in [2.05, 4.69) is 5.32 Å². The average molecular weight is 392 g/mol. The van der Waals surface area contributed by atoms with Gasteiger partial charge in [-0.1, -0.05) is 12.1 Å². The molecule has 1 aliphatic heterocycles. The number of rotatable bonds is 8. The number of carboxylic acids is 1. The summed E-state index contributed by atoms with van der Waals surface area (Å²) in [4.78, 5) is 37.1. The second-order valence-corrected chi connectivity index (χ2v) is 7.20. The average Bonchev–Trinajstić information content (AvgIpc) is 2.66. The van der Waals surface area contributed by atoms with Crippen LogP contribution in [0.5, 0.6) is 5.75 Å². The van der Waals surface area contributed by atoms with Crippen LogP contribution in [0.4, 0.5) is 0 Å². The van der Waals surface area contributed by atoms with Crippen LogP contribution in [0, 0.1) is 5.41 Å². The number of carbonyl (C=O) groups is 3. The fraction of sp³-hybridized carbons (Fsp3) is 0.550. The van der Waals surface area contributed by atoms with E-state index in [4.69, 9.17) is 4.74 Å². The van der Waals surface area contributed by atoms with Crippen LogP contribution in [-0.2, 0) is 20.8 Å². The first kappa shape index (κ1) is 21.7. The number of nitrogens with one attached hydrogen (secondary N) is 1. The summed E-state index contributed by atoms with van der Waals surface area (Å²) in [5.74, 6) is -0.849. The minimum absolute atomic E-state index is 0.0559. The summed E-state index contributed by atoms with van der Waals surface area (Å²) >= 11 is 0. The van der Waals surface area contributed by atoms with E-state index in [0.717, 1.165) is 5.56 Å². The number of carboxylic acid groups (broad SMARTS) is 1. The van der Waals surface area contributed by atoms with Gasteiger partial charge in [0.1, 0.15) is 11.2 Å². The van der Waals surface area contributed by atoms with E-state index in [1.807, 2.05) is 0 Å². The fourth-order valence-electron chi connectivity index (χ4n) is 3.56. The van der Waals surface area contributed by atoms with Crippen molar-refractivity contribution in [2.75, 3.05) is 26.7 Å². The lowest BCUT2D eigenvalue weighted by Gasteiger charge is -2.43. The Labute approximate surface area is 164 Å². The molecule has 0 radical (unpaired) electrons. The molecule has 0 spiro atoms. The molecule has 28 heavy (non-hydrogen) atoms. The molecule has 1 saturated heterocycles. The van der Waals surface area contributed by atoms with Crippen molar-refractivity contribution < 1.29 is 29.3 Å². The van der Waals surface area contributed by atoms with Crippen LogP contribution in [0.15, 0.2) is 24.3 Å². The molecule has 1 aliphatic rings. The first-order valence-electron chi connectivity index (χ1n) is 9.35. The third-order valence-electron chi connectivity index (χ3n) is 5.16. The first-order chi connectivity index (χ1) is 13.3. The van der Waals surface area contributed by atoms with Crippen molar-refractivity contribution in [3.05, 3.63) is 29.8 Å². The van der Waals surface area contributed by atoms with E-state index in [0.29, 0.717) is 25.3 Å². The van der Waals surface area contributed by atoms with Gasteiger partial charge in [-0.25, -0.2) is 0 Å². The number of likely N-dealkylation sites (tertiary alicyclic amines) is 1. The molecular weight excluding hydrogens is 364 g/mol. The number of benzene rings is 1. The molecule has 0 bridgehead atoms. The number of hydrogen-bond donors (Lipinski definition) is 3. The highest BCUT2D eigenvalue weighted by atomic mass is 16.5. The van der Waals surface area contributed by atoms with E-state index in [1.165, 1.54) is 18.9 Å². The smallest absolute Gasteiger partial charge is 0.314 e. The topological polar surface area (TPSA) is 116 Å². The largest absolute Gasteiger partial charge is 0.497 e. The molecule has 0 unspecified atom stereocenters. The van der Waals surface area contributed by atoms with Gasteiger partial charge in [0.05, 0.1) is 13.2 Å². The number of aliphatic carboxylic acids is 1. The van der Waals surface area contributed by atoms with Gasteiger partial charge in [0.25, 0.3) is 0 Å². The van der Waals surface area contributed by atoms with Gasteiger partial charge in [-0.15, -0.1) is 0 Å². The highest BCUT2D eigenvalue weighted by Gasteiger charge is 2.50. The Hall–Kier alpha value is -2.61. The Balaban J connectivity index is 2.12. The summed E-state index contributed by atoms with van der Waals surface area (Å²) in [7, 11) is 1.53. The van der Waals surface area contributed by atoms with Crippen molar-refractivity contribution in [1.29, 1.82) is 0 Å². The number of ether oxygens (including phenoxy) is 1. The van der Waals surface area contributed by atoms with Gasteiger partial charge >= 0.3 is 5.97 Å². The molecule has 0 aromatic heterocycles. The van der Waals surface area contributed by atoms with E-state index in [9.17, 15) is 24.6 Å². The summed E-state index contributed by atoms with van der Waals surface area (Å²) in [6, 6.07) is 7.06. The number of hydrogen-bond acceptors (Lipinski definition) is 5. The molecule has 1 heterocycles. The zero-order valence-electron chi connectivity index (χ0n) is 16.3. The number of nitrogens with zero attached hydrogens (tertiary/aromatic N) is 1. The van der Waals surface area contributed by atoms with Crippen molar-refractivity contribution in [3.8, 4) is 5.75 Å². The quantitative estimate of drug-likeness (QED) is 0.564. The zero-order chi connectivity index (χ0) is 20.7. The molecule has 2 atom stereocenters. The predicted octanol–water partition coefficient (Wildman–Crippen LogP) is 0.818. The van der Waals surface area contributed by atoms with Crippen LogP contribution in [0.3, 0.4) is 0 Å². The third kappa shape index (κ3) is 5.22. The van der Waals surface area contributed by atoms with Crippen LogP contribution in [-0.4, -0.2) is 65.7 Å². The van der Waals surface area contributed by atoms with E-state index in [1.54, 1.807) is 24.3 Å². The number of methoxy groups -OCH3 is 1. The molecule has 8 heteroatoms. The van der Waals surface area contributed by atoms with Crippen molar-refractivity contribution in [3.63, 3.8) is 0 Å². The molecule has 0 aliphatic carbocycles. The molecule has 1 aromatic carbocycles. The summed E-state index contributed by atoms with van der Waals surface area (Å²) in [6.45, 7) is 2.06. The van der Waals surface area contributed by atoms with Crippen LogP contribution in [0.25, 0.3) is 0 Å². The van der Waals surface area contributed by atoms with Crippen molar-refractivity contribution in [2.24, 2.45) is 5.41 Å². The van der Waals surface area contributed by atoms with Gasteiger partial charge in [0.2, 0.25) is 11.8 Å². The highest BCUT2D eigenvalue weighted by molar-refractivity contribution is 5.80.